The first-order chi connectivity index (χ1) is 11.8. The number of sulfonamides is 1. The molecule has 1 saturated heterocycles. The highest BCUT2D eigenvalue weighted by molar-refractivity contribution is 7.89. The van der Waals surface area contributed by atoms with E-state index >= 15 is 0 Å². The molecule has 0 bridgehead atoms. The van der Waals surface area contributed by atoms with Gasteiger partial charge in [-0.3, -0.25) is 4.79 Å². The van der Waals surface area contributed by atoms with Gasteiger partial charge >= 0.3 is 5.97 Å². The van der Waals surface area contributed by atoms with Crippen LogP contribution in [0, 0.1) is 20.8 Å². The fourth-order valence-corrected chi connectivity index (χ4v) is 5.55. The zero-order valence-corrected chi connectivity index (χ0v) is 16.4. The van der Waals surface area contributed by atoms with Crippen molar-refractivity contribution >= 4 is 16.0 Å². The Kier molecular flexibility index (Phi) is 6.11. The van der Waals surface area contributed by atoms with E-state index in [1.54, 1.807) is 33.9 Å². The monoisotopic (exact) mass is 369 g/mol. The fraction of sp³-hybridized carbons (Fsp3) is 0.611. The molecular formula is C18H27NO5S. The predicted octanol–water partition coefficient (Wildman–Crippen LogP) is 2.73. The summed E-state index contributed by atoms with van der Waals surface area (Å²) in [7, 11) is -2.24. The van der Waals surface area contributed by atoms with Gasteiger partial charge in [-0.1, -0.05) is 0 Å². The molecule has 1 aromatic carbocycles. The second kappa shape index (κ2) is 7.74. The van der Waals surface area contributed by atoms with Gasteiger partial charge in [0.25, 0.3) is 0 Å². The first kappa shape index (κ1) is 19.7. The molecule has 1 aromatic rings. The third kappa shape index (κ3) is 3.67. The lowest BCUT2D eigenvalue weighted by Gasteiger charge is -2.34. The van der Waals surface area contributed by atoms with Crippen LogP contribution in [0.3, 0.4) is 0 Å². The van der Waals surface area contributed by atoms with E-state index in [2.05, 4.69) is 0 Å². The summed E-state index contributed by atoms with van der Waals surface area (Å²) in [4.78, 5) is 12.5. The summed E-state index contributed by atoms with van der Waals surface area (Å²) in [6, 6.07) is 0.985. The first-order valence-corrected chi connectivity index (χ1v) is 10.0. The molecule has 1 aliphatic rings. The third-order valence-electron chi connectivity index (χ3n) is 4.78. The summed E-state index contributed by atoms with van der Waals surface area (Å²) >= 11 is 0. The average molecular weight is 369 g/mol. The van der Waals surface area contributed by atoms with Crippen molar-refractivity contribution in [3.63, 3.8) is 0 Å². The summed E-state index contributed by atoms with van der Waals surface area (Å²) in [5.41, 5.74) is 2.06. The molecular weight excluding hydrogens is 342 g/mol. The minimum atomic E-state index is -3.81. The highest BCUT2D eigenvalue weighted by atomic mass is 32.2. The molecule has 25 heavy (non-hydrogen) atoms. The van der Waals surface area contributed by atoms with E-state index in [0.29, 0.717) is 29.8 Å². The molecule has 6 nitrogen and oxygen atoms in total. The first-order valence-electron chi connectivity index (χ1n) is 8.59. The maximum absolute atomic E-state index is 13.4. The van der Waals surface area contributed by atoms with E-state index in [-0.39, 0.29) is 11.5 Å². The number of carbonyl (C=O) groups excluding carboxylic acids is 1. The minimum absolute atomic E-state index is 0.239. The van der Waals surface area contributed by atoms with Gasteiger partial charge in [0, 0.05) is 6.54 Å². The fourth-order valence-electron chi connectivity index (χ4n) is 3.41. The highest BCUT2D eigenvalue weighted by Crippen LogP contribution is 2.34. The molecule has 1 unspecified atom stereocenters. The number of methoxy groups -OCH3 is 1. The second-order valence-electron chi connectivity index (χ2n) is 6.35. The van der Waals surface area contributed by atoms with Gasteiger partial charge in [0.1, 0.15) is 11.8 Å². The third-order valence-corrected chi connectivity index (χ3v) is 6.98. The van der Waals surface area contributed by atoms with Crippen LogP contribution in [0.5, 0.6) is 5.75 Å². The summed E-state index contributed by atoms with van der Waals surface area (Å²) < 4.78 is 38.5. The summed E-state index contributed by atoms with van der Waals surface area (Å²) in [6.45, 7) is 7.66. The quantitative estimate of drug-likeness (QED) is 0.746. The molecule has 2 rings (SSSR count). The Morgan fingerprint density at radius 1 is 1.24 bits per heavy atom. The number of hydrogen-bond donors (Lipinski definition) is 0. The van der Waals surface area contributed by atoms with Gasteiger partial charge in [-0.2, -0.15) is 4.31 Å². The van der Waals surface area contributed by atoms with Crippen molar-refractivity contribution < 1.29 is 22.7 Å². The van der Waals surface area contributed by atoms with E-state index < -0.39 is 22.0 Å². The van der Waals surface area contributed by atoms with Gasteiger partial charge in [0.2, 0.25) is 10.0 Å². The summed E-state index contributed by atoms with van der Waals surface area (Å²) in [6.07, 6.45) is 2.04. The van der Waals surface area contributed by atoms with Gasteiger partial charge in [-0.05, 0) is 69.7 Å². The van der Waals surface area contributed by atoms with Gasteiger partial charge in [0.15, 0.2) is 0 Å². The van der Waals surface area contributed by atoms with Crippen molar-refractivity contribution in [3.05, 3.63) is 22.8 Å². The largest absolute Gasteiger partial charge is 0.496 e. The standard InChI is InChI=1S/C18H27NO5S/c1-6-24-18(20)15-9-7-8-10-19(15)25(21,22)17-12(2)11-16(23-5)13(3)14(17)4/h11,15H,6-10H2,1-5H3. The zero-order valence-electron chi connectivity index (χ0n) is 15.6. The average Bonchev–Trinajstić information content (AvgIpc) is 2.58. The zero-order chi connectivity index (χ0) is 18.8. The van der Waals surface area contributed by atoms with E-state index in [1.807, 2.05) is 6.92 Å². The van der Waals surface area contributed by atoms with E-state index in [9.17, 15) is 13.2 Å². The van der Waals surface area contributed by atoms with E-state index in [4.69, 9.17) is 9.47 Å². The van der Waals surface area contributed by atoms with Crippen molar-refractivity contribution in [1.82, 2.24) is 4.31 Å². The van der Waals surface area contributed by atoms with Crippen LogP contribution in [0.4, 0.5) is 0 Å². The predicted molar refractivity (Wildman–Crippen MR) is 95.4 cm³/mol. The van der Waals surface area contributed by atoms with Crippen LogP contribution >= 0.6 is 0 Å². The molecule has 1 aliphatic heterocycles. The molecule has 7 heteroatoms. The Hall–Kier alpha value is -1.60. The Morgan fingerprint density at radius 2 is 1.92 bits per heavy atom. The number of hydrogen-bond acceptors (Lipinski definition) is 5. The smallest absolute Gasteiger partial charge is 0.324 e. The molecule has 0 aliphatic carbocycles. The molecule has 0 spiro atoms. The van der Waals surface area contributed by atoms with Gasteiger partial charge in [0.05, 0.1) is 18.6 Å². The Balaban J connectivity index is 2.53. The SMILES string of the molecule is CCOC(=O)C1CCCCN1S(=O)(=O)c1c(C)cc(OC)c(C)c1C. The lowest BCUT2D eigenvalue weighted by molar-refractivity contribution is -0.148. The van der Waals surface area contributed by atoms with Crippen molar-refractivity contribution in [2.24, 2.45) is 0 Å². The number of carbonyl (C=O) groups is 1. The Morgan fingerprint density at radius 3 is 2.52 bits per heavy atom. The van der Waals surface area contributed by atoms with Crippen molar-refractivity contribution in [1.29, 1.82) is 0 Å². The second-order valence-corrected chi connectivity index (χ2v) is 8.18. The van der Waals surface area contributed by atoms with E-state index in [0.717, 1.165) is 18.4 Å². The van der Waals surface area contributed by atoms with Crippen LogP contribution in [0.2, 0.25) is 0 Å². The Bertz CT molecular complexity index is 757. The van der Waals surface area contributed by atoms with Crippen molar-refractivity contribution in [3.8, 4) is 5.75 Å². The molecule has 0 radical (unpaired) electrons. The molecule has 140 valence electrons. The Labute approximate surface area is 150 Å². The highest BCUT2D eigenvalue weighted by Gasteiger charge is 2.40. The number of benzene rings is 1. The number of aryl methyl sites for hydroxylation is 1. The molecule has 1 fully saturated rings. The lowest BCUT2D eigenvalue weighted by Crippen LogP contribution is -2.48. The summed E-state index contributed by atoms with van der Waals surface area (Å²) in [5, 5.41) is 0. The number of rotatable bonds is 5. The van der Waals surface area contributed by atoms with Crippen LogP contribution in [0.1, 0.15) is 42.9 Å². The maximum atomic E-state index is 13.4. The van der Waals surface area contributed by atoms with E-state index in [1.165, 1.54) is 4.31 Å². The molecule has 1 heterocycles. The van der Waals surface area contributed by atoms with Gasteiger partial charge < -0.3 is 9.47 Å². The number of ether oxygens (including phenoxy) is 2. The summed E-state index contributed by atoms with van der Waals surface area (Å²) in [5.74, 6) is 0.195. The van der Waals surface area contributed by atoms with Crippen LogP contribution in [-0.4, -0.2) is 45.0 Å². The minimum Gasteiger partial charge on any atom is -0.496 e. The topological polar surface area (TPSA) is 72.9 Å². The number of esters is 1. The molecule has 0 amide bonds. The van der Waals surface area contributed by atoms with Crippen LogP contribution < -0.4 is 4.74 Å². The van der Waals surface area contributed by atoms with Gasteiger partial charge in [-0.25, -0.2) is 8.42 Å². The molecule has 0 saturated carbocycles. The normalized spacial score (nSPS) is 18.8. The molecule has 1 atom stereocenters. The van der Waals surface area contributed by atoms with Crippen molar-refractivity contribution in [2.45, 2.75) is 57.9 Å². The molecule has 0 aromatic heterocycles. The van der Waals surface area contributed by atoms with Gasteiger partial charge in [-0.15, -0.1) is 0 Å². The molecule has 0 N–H and O–H groups in total. The maximum Gasteiger partial charge on any atom is 0.324 e. The number of nitrogens with zero attached hydrogens (tertiary/aromatic N) is 1. The van der Waals surface area contributed by atoms with Crippen molar-refractivity contribution in [2.75, 3.05) is 20.3 Å². The van der Waals surface area contributed by atoms with Crippen LogP contribution in [0.15, 0.2) is 11.0 Å². The lowest BCUT2D eigenvalue weighted by atomic mass is 10.1. The number of piperidine rings is 1. The van der Waals surface area contributed by atoms with Crippen LogP contribution in [-0.2, 0) is 19.6 Å². The van der Waals surface area contributed by atoms with Crippen LogP contribution in [0.25, 0.3) is 0 Å².